The van der Waals surface area contributed by atoms with E-state index in [4.69, 9.17) is 4.84 Å². The van der Waals surface area contributed by atoms with Crippen molar-refractivity contribution in [2.45, 2.75) is 45.1 Å². The van der Waals surface area contributed by atoms with Gasteiger partial charge in [0.05, 0.1) is 12.4 Å². The minimum absolute atomic E-state index is 0.0962. The molecule has 0 aromatic heterocycles. The highest BCUT2D eigenvalue weighted by molar-refractivity contribution is 5.76. The van der Waals surface area contributed by atoms with Crippen molar-refractivity contribution in [2.75, 3.05) is 6.54 Å². The monoisotopic (exact) mass is 360 g/mol. The molecule has 0 aliphatic rings. The van der Waals surface area contributed by atoms with Crippen LogP contribution in [0.2, 0.25) is 0 Å². The molecule has 0 aliphatic heterocycles. The molecule has 1 aromatic rings. The van der Waals surface area contributed by atoms with Gasteiger partial charge in [0.1, 0.15) is 0 Å². The molecule has 0 unspecified atom stereocenters. The number of hydrogen-bond donors (Lipinski definition) is 3. The molecular weight excluding hydrogens is 332 g/mol. The second-order valence-corrected chi connectivity index (χ2v) is 5.85. The van der Waals surface area contributed by atoms with Crippen LogP contribution in [0.25, 0.3) is 0 Å². The van der Waals surface area contributed by atoms with Crippen molar-refractivity contribution in [2.24, 2.45) is 0 Å². The lowest BCUT2D eigenvalue weighted by Gasteiger charge is -2.07. The molecule has 142 valence electrons. The van der Waals surface area contributed by atoms with E-state index in [1.54, 1.807) is 0 Å². The number of hydrogen-bond acceptors (Lipinski definition) is 4. The first-order valence-electron chi connectivity index (χ1n) is 8.83. The standard InChI is InChI=1S/C20H28N2O4/c1-2-9-18(23)13-14-19(24)21-15-8-4-7-12-20(25)22-26-16-17-10-5-3-6-11-17/h2-3,5-6,9-11,23H,1,4,7-8,12-16H2,(H,21,24)(H,22,25)/b18-9-. The third kappa shape index (κ3) is 11.0. The first kappa shape index (κ1) is 21.4. The molecule has 6 heteroatoms. The van der Waals surface area contributed by atoms with Gasteiger partial charge in [0.2, 0.25) is 11.8 Å². The van der Waals surface area contributed by atoms with Crippen molar-refractivity contribution >= 4 is 11.8 Å². The molecule has 1 rings (SSSR count). The summed E-state index contributed by atoms with van der Waals surface area (Å²) in [6.07, 6.45) is 6.28. The third-order valence-electron chi connectivity index (χ3n) is 3.59. The number of aliphatic hydroxyl groups excluding tert-OH is 1. The van der Waals surface area contributed by atoms with Gasteiger partial charge in [-0.25, -0.2) is 5.48 Å². The molecule has 0 atom stereocenters. The normalized spacial score (nSPS) is 11.0. The van der Waals surface area contributed by atoms with Crippen LogP contribution in [-0.2, 0) is 21.0 Å². The van der Waals surface area contributed by atoms with Crippen molar-refractivity contribution in [3.63, 3.8) is 0 Å². The predicted molar refractivity (Wildman–Crippen MR) is 101 cm³/mol. The van der Waals surface area contributed by atoms with E-state index in [1.807, 2.05) is 30.3 Å². The van der Waals surface area contributed by atoms with Gasteiger partial charge >= 0.3 is 0 Å². The van der Waals surface area contributed by atoms with Gasteiger partial charge in [-0.1, -0.05) is 49.4 Å². The fourth-order valence-electron chi connectivity index (χ4n) is 2.19. The Hall–Kier alpha value is -2.60. The Morgan fingerprint density at radius 3 is 2.54 bits per heavy atom. The number of aliphatic hydroxyl groups is 1. The van der Waals surface area contributed by atoms with E-state index >= 15 is 0 Å². The summed E-state index contributed by atoms with van der Waals surface area (Å²) in [5, 5.41) is 12.2. The van der Waals surface area contributed by atoms with E-state index in [-0.39, 0.29) is 24.0 Å². The zero-order valence-electron chi connectivity index (χ0n) is 15.1. The summed E-state index contributed by atoms with van der Waals surface area (Å²) in [6, 6.07) is 9.61. The summed E-state index contributed by atoms with van der Waals surface area (Å²) in [7, 11) is 0. The lowest BCUT2D eigenvalue weighted by molar-refractivity contribution is -0.134. The number of hydroxylamine groups is 1. The Morgan fingerprint density at radius 2 is 1.81 bits per heavy atom. The van der Waals surface area contributed by atoms with Gasteiger partial charge in [0.15, 0.2) is 0 Å². The molecule has 0 saturated heterocycles. The maximum atomic E-state index is 11.6. The Bertz CT molecular complexity index is 585. The summed E-state index contributed by atoms with van der Waals surface area (Å²) in [5.74, 6) is -0.0915. The van der Waals surface area contributed by atoms with Crippen LogP contribution in [0.5, 0.6) is 0 Å². The predicted octanol–water partition coefficient (Wildman–Crippen LogP) is 3.32. The van der Waals surface area contributed by atoms with E-state index in [9.17, 15) is 14.7 Å². The van der Waals surface area contributed by atoms with E-state index in [0.29, 0.717) is 26.0 Å². The topological polar surface area (TPSA) is 87.7 Å². The first-order chi connectivity index (χ1) is 12.6. The van der Waals surface area contributed by atoms with Gasteiger partial charge in [-0.05, 0) is 24.5 Å². The zero-order valence-corrected chi connectivity index (χ0v) is 15.1. The number of nitrogens with one attached hydrogen (secondary N) is 2. The molecule has 2 amide bonds. The van der Waals surface area contributed by atoms with Crippen molar-refractivity contribution in [3.8, 4) is 0 Å². The van der Waals surface area contributed by atoms with E-state index in [0.717, 1.165) is 24.8 Å². The second-order valence-electron chi connectivity index (χ2n) is 5.85. The van der Waals surface area contributed by atoms with Gasteiger partial charge < -0.3 is 10.4 Å². The summed E-state index contributed by atoms with van der Waals surface area (Å²) >= 11 is 0. The molecule has 0 saturated carbocycles. The number of rotatable bonds is 13. The average molecular weight is 360 g/mol. The number of carbonyl (C=O) groups excluding carboxylic acids is 2. The van der Waals surface area contributed by atoms with Crippen molar-refractivity contribution in [1.29, 1.82) is 0 Å². The number of amides is 2. The molecule has 0 heterocycles. The fourth-order valence-corrected chi connectivity index (χ4v) is 2.19. The molecule has 0 radical (unpaired) electrons. The Balaban J connectivity index is 1.96. The molecule has 0 bridgehead atoms. The minimum atomic E-state index is -0.144. The van der Waals surface area contributed by atoms with Gasteiger partial charge in [-0.2, -0.15) is 0 Å². The molecule has 1 aromatic carbocycles. The average Bonchev–Trinajstić information content (AvgIpc) is 2.64. The molecule has 0 fully saturated rings. The number of unbranched alkanes of at least 4 members (excludes halogenated alkanes) is 2. The van der Waals surface area contributed by atoms with Crippen LogP contribution in [-0.4, -0.2) is 23.5 Å². The van der Waals surface area contributed by atoms with Crippen LogP contribution < -0.4 is 10.8 Å². The van der Waals surface area contributed by atoms with Gasteiger partial charge in [0.25, 0.3) is 0 Å². The molecule has 6 nitrogen and oxygen atoms in total. The van der Waals surface area contributed by atoms with Gasteiger partial charge in [0, 0.05) is 25.8 Å². The maximum Gasteiger partial charge on any atom is 0.243 e. The summed E-state index contributed by atoms with van der Waals surface area (Å²) < 4.78 is 0. The van der Waals surface area contributed by atoms with Crippen molar-refractivity contribution in [3.05, 3.63) is 60.4 Å². The van der Waals surface area contributed by atoms with Crippen LogP contribution in [0, 0.1) is 0 Å². The fraction of sp³-hybridized carbons (Fsp3) is 0.400. The molecule has 3 N–H and O–H groups in total. The Morgan fingerprint density at radius 1 is 1.04 bits per heavy atom. The SMILES string of the molecule is C=C/C=C(\O)CCC(=O)NCCCCCC(=O)NOCc1ccccc1. The largest absolute Gasteiger partial charge is 0.512 e. The van der Waals surface area contributed by atoms with E-state index in [1.165, 1.54) is 12.2 Å². The maximum absolute atomic E-state index is 11.6. The van der Waals surface area contributed by atoms with E-state index in [2.05, 4.69) is 17.4 Å². The zero-order chi connectivity index (χ0) is 19.0. The van der Waals surface area contributed by atoms with Gasteiger partial charge in [-0.3, -0.25) is 14.4 Å². The lowest BCUT2D eigenvalue weighted by atomic mass is 10.2. The second kappa shape index (κ2) is 13.7. The summed E-state index contributed by atoms with van der Waals surface area (Å²) in [6.45, 7) is 4.39. The quantitative estimate of drug-likeness (QED) is 0.218. The van der Waals surface area contributed by atoms with E-state index < -0.39 is 0 Å². The molecule has 26 heavy (non-hydrogen) atoms. The molecule has 0 aliphatic carbocycles. The summed E-state index contributed by atoms with van der Waals surface area (Å²) in [5.41, 5.74) is 3.43. The lowest BCUT2D eigenvalue weighted by Crippen LogP contribution is -2.24. The first-order valence-corrected chi connectivity index (χ1v) is 8.83. The summed E-state index contributed by atoms with van der Waals surface area (Å²) in [4.78, 5) is 28.4. The highest BCUT2D eigenvalue weighted by atomic mass is 16.6. The number of allylic oxidation sites excluding steroid dienone is 3. The van der Waals surface area contributed by atoms with Crippen LogP contribution in [0.1, 0.15) is 44.1 Å². The Kier molecular flexibility index (Phi) is 11.3. The third-order valence-corrected chi connectivity index (χ3v) is 3.59. The minimum Gasteiger partial charge on any atom is -0.512 e. The highest BCUT2D eigenvalue weighted by Crippen LogP contribution is 2.03. The molecule has 0 spiro atoms. The van der Waals surface area contributed by atoms with Crippen LogP contribution in [0.15, 0.2) is 54.8 Å². The van der Waals surface area contributed by atoms with Crippen molar-refractivity contribution in [1.82, 2.24) is 10.8 Å². The van der Waals surface area contributed by atoms with Crippen LogP contribution >= 0.6 is 0 Å². The van der Waals surface area contributed by atoms with Crippen molar-refractivity contribution < 1.29 is 19.5 Å². The van der Waals surface area contributed by atoms with Crippen LogP contribution in [0.3, 0.4) is 0 Å². The number of carbonyl (C=O) groups is 2. The molecular formula is C20H28N2O4. The Labute approximate surface area is 154 Å². The van der Waals surface area contributed by atoms with Crippen LogP contribution in [0.4, 0.5) is 0 Å². The smallest absolute Gasteiger partial charge is 0.243 e. The number of benzene rings is 1. The van der Waals surface area contributed by atoms with Gasteiger partial charge in [-0.15, -0.1) is 0 Å². The highest BCUT2D eigenvalue weighted by Gasteiger charge is 2.04.